The fraction of sp³-hybridized carbons (Fsp3) is 0.318. The summed E-state index contributed by atoms with van der Waals surface area (Å²) in [5.74, 6) is -0.363. The minimum absolute atomic E-state index is 0.000732. The maximum Gasteiger partial charge on any atom is 0.308 e. The van der Waals surface area contributed by atoms with Crippen LogP contribution in [0.15, 0.2) is 36.4 Å². The van der Waals surface area contributed by atoms with Crippen LogP contribution in [0.25, 0.3) is 0 Å². The summed E-state index contributed by atoms with van der Waals surface area (Å²) >= 11 is 0. The first-order valence-corrected chi connectivity index (χ1v) is 9.15. The van der Waals surface area contributed by atoms with E-state index in [0.717, 1.165) is 16.7 Å². The molecule has 1 aliphatic rings. The van der Waals surface area contributed by atoms with Crippen molar-refractivity contribution in [3.63, 3.8) is 0 Å². The molecular formula is C22H23NO5. The number of hydrogen-bond acceptors (Lipinski definition) is 5. The van der Waals surface area contributed by atoms with Crippen LogP contribution >= 0.6 is 0 Å². The van der Waals surface area contributed by atoms with Crippen LogP contribution in [0.1, 0.15) is 33.5 Å². The first-order chi connectivity index (χ1) is 13.4. The number of amides is 1. The van der Waals surface area contributed by atoms with Gasteiger partial charge in [0.05, 0.1) is 12.1 Å². The van der Waals surface area contributed by atoms with E-state index in [1.54, 1.807) is 18.2 Å². The fourth-order valence-corrected chi connectivity index (χ4v) is 3.16. The number of carbonyl (C=O) groups is 3. The Bertz CT molecular complexity index is 935. The van der Waals surface area contributed by atoms with Gasteiger partial charge in [-0.1, -0.05) is 18.2 Å². The Kier molecular flexibility index (Phi) is 5.78. The molecule has 0 aromatic heterocycles. The highest BCUT2D eigenvalue weighted by atomic mass is 16.5. The van der Waals surface area contributed by atoms with Gasteiger partial charge in [0.25, 0.3) is 5.91 Å². The number of benzene rings is 2. The van der Waals surface area contributed by atoms with Crippen molar-refractivity contribution in [3.8, 4) is 5.75 Å². The molecule has 28 heavy (non-hydrogen) atoms. The number of anilines is 1. The summed E-state index contributed by atoms with van der Waals surface area (Å²) in [5, 5.41) is 0. The van der Waals surface area contributed by atoms with Crippen LogP contribution in [0.3, 0.4) is 0 Å². The normalized spacial score (nSPS) is 13.0. The molecule has 0 N–H and O–H groups in total. The van der Waals surface area contributed by atoms with Gasteiger partial charge in [-0.25, -0.2) is 0 Å². The number of rotatable bonds is 6. The minimum atomic E-state index is -0.522. The molecule has 3 rings (SSSR count). The molecule has 0 atom stereocenters. The number of Topliss-reactive ketones (excluding diaryl/α,β-unsaturated/α-hetero) is 1. The smallest absolute Gasteiger partial charge is 0.308 e. The monoisotopic (exact) mass is 381 g/mol. The predicted octanol–water partition coefficient (Wildman–Crippen LogP) is 3.15. The molecule has 0 aliphatic carbocycles. The van der Waals surface area contributed by atoms with Crippen LogP contribution in [-0.4, -0.2) is 37.4 Å². The van der Waals surface area contributed by atoms with Crippen LogP contribution < -0.4 is 9.64 Å². The zero-order valence-electron chi connectivity index (χ0n) is 16.3. The summed E-state index contributed by atoms with van der Waals surface area (Å²) in [6.45, 7) is 5.60. The van der Waals surface area contributed by atoms with Crippen molar-refractivity contribution < 1.29 is 23.9 Å². The van der Waals surface area contributed by atoms with Gasteiger partial charge in [-0.15, -0.1) is 0 Å². The summed E-state index contributed by atoms with van der Waals surface area (Å²) in [5.41, 5.74) is 4.19. The van der Waals surface area contributed by atoms with Gasteiger partial charge in [-0.3, -0.25) is 14.4 Å². The maximum absolute atomic E-state index is 12.4. The van der Waals surface area contributed by atoms with Crippen LogP contribution in [-0.2, 0) is 14.3 Å². The summed E-state index contributed by atoms with van der Waals surface area (Å²) in [6.07, 6.45) is -0.000732. The highest BCUT2D eigenvalue weighted by molar-refractivity contribution is 6.00. The number of esters is 1. The quantitative estimate of drug-likeness (QED) is 0.568. The topological polar surface area (TPSA) is 72.9 Å². The van der Waals surface area contributed by atoms with Crippen molar-refractivity contribution in [2.24, 2.45) is 0 Å². The summed E-state index contributed by atoms with van der Waals surface area (Å²) in [4.78, 5) is 38.1. The van der Waals surface area contributed by atoms with Gasteiger partial charge in [0, 0.05) is 12.1 Å². The average molecular weight is 381 g/mol. The standard InChI is InChI=1S/C22H23NO5/c1-14-10-16(3)17(11-15(14)2)19(24)12-28-22(26)8-9-23-18-6-4-5-7-20(18)27-13-21(23)25/h4-7,10-11H,8-9,12-13H2,1-3H3. The number of ketones is 1. The zero-order valence-corrected chi connectivity index (χ0v) is 16.3. The van der Waals surface area contributed by atoms with E-state index in [2.05, 4.69) is 0 Å². The second kappa shape index (κ2) is 8.25. The van der Waals surface area contributed by atoms with E-state index in [1.807, 2.05) is 39.0 Å². The second-order valence-electron chi connectivity index (χ2n) is 6.89. The molecule has 0 saturated carbocycles. The van der Waals surface area contributed by atoms with Crippen LogP contribution in [0.4, 0.5) is 5.69 Å². The van der Waals surface area contributed by atoms with Gasteiger partial charge in [0.1, 0.15) is 5.75 Å². The van der Waals surface area contributed by atoms with E-state index >= 15 is 0 Å². The number of para-hydroxylation sites is 2. The molecule has 0 fully saturated rings. The lowest BCUT2D eigenvalue weighted by atomic mass is 9.98. The van der Waals surface area contributed by atoms with Crippen LogP contribution in [0, 0.1) is 20.8 Å². The number of nitrogens with zero attached hydrogens (tertiary/aromatic N) is 1. The Balaban J connectivity index is 1.56. The van der Waals surface area contributed by atoms with E-state index in [9.17, 15) is 14.4 Å². The third-order valence-electron chi connectivity index (χ3n) is 4.85. The highest BCUT2D eigenvalue weighted by Gasteiger charge is 2.25. The molecular weight excluding hydrogens is 358 g/mol. The van der Waals surface area contributed by atoms with Gasteiger partial charge in [0.2, 0.25) is 5.78 Å². The molecule has 6 nitrogen and oxygen atoms in total. The van der Waals surface area contributed by atoms with Gasteiger partial charge in [-0.2, -0.15) is 0 Å². The molecule has 146 valence electrons. The minimum Gasteiger partial charge on any atom is -0.482 e. The zero-order chi connectivity index (χ0) is 20.3. The Hall–Kier alpha value is -3.15. The van der Waals surface area contributed by atoms with E-state index < -0.39 is 5.97 Å². The van der Waals surface area contributed by atoms with E-state index in [-0.39, 0.29) is 37.9 Å². The molecule has 0 saturated heterocycles. The molecule has 0 radical (unpaired) electrons. The van der Waals surface area contributed by atoms with E-state index in [0.29, 0.717) is 17.0 Å². The Morgan fingerprint density at radius 3 is 2.57 bits per heavy atom. The lowest BCUT2D eigenvalue weighted by Gasteiger charge is -2.28. The van der Waals surface area contributed by atoms with Crippen molar-refractivity contribution in [1.29, 1.82) is 0 Å². The molecule has 1 aliphatic heterocycles. The average Bonchev–Trinajstić information content (AvgIpc) is 2.68. The van der Waals surface area contributed by atoms with Gasteiger partial charge in [-0.05, 0) is 55.7 Å². The number of carbonyl (C=O) groups excluding carboxylic acids is 3. The Morgan fingerprint density at radius 1 is 1.07 bits per heavy atom. The van der Waals surface area contributed by atoms with Crippen LogP contribution in [0.5, 0.6) is 5.75 Å². The Labute approximate surface area is 164 Å². The lowest BCUT2D eigenvalue weighted by Crippen LogP contribution is -2.40. The molecule has 0 bridgehead atoms. The van der Waals surface area contributed by atoms with Crippen molar-refractivity contribution in [2.75, 3.05) is 24.7 Å². The summed E-state index contributed by atoms with van der Waals surface area (Å²) in [6, 6.07) is 10.9. The molecule has 1 heterocycles. The predicted molar refractivity (Wildman–Crippen MR) is 105 cm³/mol. The van der Waals surface area contributed by atoms with E-state index in [4.69, 9.17) is 9.47 Å². The first-order valence-electron chi connectivity index (χ1n) is 9.15. The maximum atomic E-state index is 12.4. The molecule has 0 unspecified atom stereocenters. The van der Waals surface area contributed by atoms with Crippen molar-refractivity contribution in [2.45, 2.75) is 27.2 Å². The number of aryl methyl sites for hydroxylation is 3. The van der Waals surface area contributed by atoms with E-state index in [1.165, 1.54) is 4.90 Å². The number of hydrogen-bond donors (Lipinski definition) is 0. The highest BCUT2D eigenvalue weighted by Crippen LogP contribution is 2.31. The van der Waals surface area contributed by atoms with Gasteiger partial charge in [0.15, 0.2) is 13.2 Å². The van der Waals surface area contributed by atoms with Gasteiger partial charge < -0.3 is 14.4 Å². The second-order valence-corrected chi connectivity index (χ2v) is 6.89. The molecule has 2 aromatic rings. The van der Waals surface area contributed by atoms with Crippen molar-refractivity contribution in [3.05, 3.63) is 58.7 Å². The SMILES string of the molecule is Cc1cc(C)c(C(=O)COC(=O)CCN2C(=O)COc3ccccc32)cc1C. The third kappa shape index (κ3) is 4.22. The first kappa shape index (κ1) is 19.6. The van der Waals surface area contributed by atoms with Crippen molar-refractivity contribution >= 4 is 23.3 Å². The molecule has 2 aromatic carbocycles. The molecule has 6 heteroatoms. The van der Waals surface area contributed by atoms with Crippen molar-refractivity contribution in [1.82, 2.24) is 0 Å². The van der Waals surface area contributed by atoms with Crippen LogP contribution in [0.2, 0.25) is 0 Å². The summed E-state index contributed by atoms with van der Waals surface area (Å²) in [7, 11) is 0. The fourth-order valence-electron chi connectivity index (χ4n) is 3.16. The largest absolute Gasteiger partial charge is 0.482 e. The third-order valence-corrected chi connectivity index (χ3v) is 4.85. The number of ether oxygens (including phenoxy) is 2. The Morgan fingerprint density at radius 2 is 1.79 bits per heavy atom. The summed E-state index contributed by atoms with van der Waals surface area (Å²) < 4.78 is 10.5. The van der Waals surface area contributed by atoms with Gasteiger partial charge >= 0.3 is 5.97 Å². The number of fused-ring (bicyclic) bond motifs is 1. The molecule has 0 spiro atoms. The lowest BCUT2D eigenvalue weighted by molar-refractivity contribution is -0.142. The molecule has 1 amide bonds.